The van der Waals surface area contributed by atoms with E-state index in [1.54, 1.807) is 13.0 Å². The Morgan fingerprint density at radius 1 is 1.08 bits per heavy atom. The first-order valence-electron chi connectivity index (χ1n) is 10.0. The third-order valence-corrected chi connectivity index (χ3v) is 8.71. The van der Waals surface area contributed by atoms with Crippen LogP contribution in [0.15, 0.2) is 22.8 Å². The van der Waals surface area contributed by atoms with Crippen LogP contribution in [0.3, 0.4) is 0 Å². The van der Waals surface area contributed by atoms with Crippen LogP contribution < -0.4 is 0 Å². The van der Waals surface area contributed by atoms with Crippen LogP contribution in [0.25, 0.3) is 0 Å². The van der Waals surface area contributed by atoms with Gasteiger partial charge in [-0.05, 0) is 75.2 Å². The van der Waals surface area contributed by atoms with E-state index in [1.165, 1.54) is 0 Å². The normalized spacial score (nSPS) is 46.8. The SMILES string of the molecule is C/C(C(=O)O)=C1/CC[C@H]2[C@@H]3CCC4=CC(=O)CC[C@]4(C)[C@@]3(O)CC[C@]12C. The molecule has 0 aromatic rings. The van der Waals surface area contributed by atoms with E-state index in [2.05, 4.69) is 13.8 Å². The van der Waals surface area contributed by atoms with Crippen molar-refractivity contribution in [1.82, 2.24) is 0 Å². The minimum absolute atomic E-state index is 0.110. The Morgan fingerprint density at radius 3 is 2.46 bits per heavy atom. The van der Waals surface area contributed by atoms with Crippen LogP contribution in [0.5, 0.6) is 0 Å². The van der Waals surface area contributed by atoms with E-state index >= 15 is 0 Å². The van der Waals surface area contributed by atoms with E-state index in [4.69, 9.17) is 0 Å². The highest BCUT2D eigenvalue weighted by Gasteiger charge is 2.65. The van der Waals surface area contributed by atoms with Crippen LogP contribution in [0, 0.1) is 22.7 Å². The molecule has 0 amide bonds. The monoisotopic (exact) mass is 358 g/mol. The molecule has 4 heteroatoms. The molecule has 142 valence electrons. The fourth-order valence-corrected chi connectivity index (χ4v) is 7.06. The number of carboxylic acids is 1. The van der Waals surface area contributed by atoms with Crippen LogP contribution in [-0.2, 0) is 9.59 Å². The van der Waals surface area contributed by atoms with E-state index in [-0.39, 0.29) is 22.5 Å². The van der Waals surface area contributed by atoms with E-state index < -0.39 is 11.6 Å². The first-order valence-corrected chi connectivity index (χ1v) is 10.0. The third-order valence-electron chi connectivity index (χ3n) is 8.71. The van der Waals surface area contributed by atoms with Crippen molar-refractivity contribution in [2.75, 3.05) is 0 Å². The van der Waals surface area contributed by atoms with Crippen molar-refractivity contribution >= 4 is 11.8 Å². The van der Waals surface area contributed by atoms with Gasteiger partial charge in [0.05, 0.1) is 5.60 Å². The maximum absolute atomic E-state index is 11.9. The topological polar surface area (TPSA) is 74.6 Å². The Kier molecular flexibility index (Phi) is 3.83. The van der Waals surface area contributed by atoms with Crippen molar-refractivity contribution in [3.8, 4) is 0 Å². The summed E-state index contributed by atoms with van der Waals surface area (Å²) >= 11 is 0. The molecule has 3 fully saturated rings. The van der Waals surface area contributed by atoms with Crippen LogP contribution in [-0.4, -0.2) is 27.6 Å². The quantitative estimate of drug-likeness (QED) is 0.694. The molecule has 4 aliphatic rings. The summed E-state index contributed by atoms with van der Waals surface area (Å²) in [4.78, 5) is 23.5. The summed E-state index contributed by atoms with van der Waals surface area (Å²) in [5.74, 6) is -0.0880. The Bertz CT molecular complexity index is 747. The fourth-order valence-electron chi connectivity index (χ4n) is 7.06. The summed E-state index contributed by atoms with van der Waals surface area (Å²) < 4.78 is 0. The number of fused-ring (bicyclic) bond motifs is 5. The average molecular weight is 358 g/mol. The number of ketones is 1. The van der Waals surface area contributed by atoms with Gasteiger partial charge in [-0.1, -0.05) is 25.0 Å². The number of hydrogen-bond acceptors (Lipinski definition) is 3. The van der Waals surface area contributed by atoms with Crippen molar-refractivity contribution < 1.29 is 19.8 Å². The van der Waals surface area contributed by atoms with Gasteiger partial charge >= 0.3 is 5.97 Å². The Morgan fingerprint density at radius 2 is 1.77 bits per heavy atom. The summed E-state index contributed by atoms with van der Waals surface area (Å²) in [6.45, 7) is 6.13. The lowest BCUT2D eigenvalue weighted by Crippen LogP contribution is -2.62. The third kappa shape index (κ3) is 2.11. The van der Waals surface area contributed by atoms with Crippen LogP contribution >= 0.6 is 0 Å². The highest BCUT2D eigenvalue weighted by atomic mass is 16.4. The van der Waals surface area contributed by atoms with Gasteiger partial charge < -0.3 is 10.2 Å². The molecule has 0 aromatic carbocycles. The van der Waals surface area contributed by atoms with Gasteiger partial charge in [-0.25, -0.2) is 4.79 Å². The molecular weight excluding hydrogens is 328 g/mol. The molecule has 4 rings (SSSR count). The molecule has 0 radical (unpaired) electrons. The molecule has 2 N–H and O–H groups in total. The molecule has 0 unspecified atom stereocenters. The lowest BCUT2D eigenvalue weighted by atomic mass is 9.45. The average Bonchev–Trinajstić information content (AvgIpc) is 2.93. The molecule has 0 spiro atoms. The number of aliphatic carboxylic acids is 1. The maximum Gasteiger partial charge on any atom is 0.331 e. The second-order valence-corrected chi connectivity index (χ2v) is 9.51. The van der Waals surface area contributed by atoms with E-state index in [9.17, 15) is 19.8 Å². The predicted octanol–water partition coefficient (Wildman–Crippen LogP) is 4.03. The van der Waals surface area contributed by atoms with Crippen LogP contribution in [0.1, 0.15) is 72.1 Å². The molecule has 0 bridgehead atoms. The van der Waals surface area contributed by atoms with Gasteiger partial charge in [-0.15, -0.1) is 0 Å². The number of carbonyl (C=O) groups excluding carboxylic acids is 1. The van der Waals surface area contributed by atoms with Crippen molar-refractivity contribution in [3.05, 3.63) is 22.8 Å². The molecule has 3 saturated carbocycles. The number of carbonyl (C=O) groups is 2. The Hall–Kier alpha value is -1.42. The smallest absolute Gasteiger partial charge is 0.331 e. The van der Waals surface area contributed by atoms with E-state index in [1.807, 2.05) is 0 Å². The zero-order valence-electron chi connectivity index (χ0n) is 16.1. The summed E-state index contributed by atoms with van der Waals surface area (Å²) in [6, 6.07) is 0. The number of aliphatic hydroxyl groups is 1. The van der Waals surface area contributed by atoms with E-state index in [0.717, 1.165) is 49.7 Å². The van der Waals surface area contributed by atoms with Crippen molar-refractivity contribution in [2.45, 2.75) is 77.7 Å². The number of rotatable bonds is 1. The molecule has 4 aliphatic carbocycles. The van der Waals surface area contributed by atoms with Crippen molar-refractivity contribution in [2.24, 2.45) is 22.7 Å². The fraction of sp³-hybridized carbons (Fsp3) is 0.727. The predicted molar refractivity (Wildman–Crippen MR) is 98.5 cm³/mol. The van der Waals surface area contributed by atoms with Crippen LogP contribution in [0.4, 0.5) is 0 Å². The Labute approximate surface area is 155 Å². The van der Waals surface area contributed by atoms with Gasteiger partial charge in [0.2, 0.25) is 0 Å². The van der Waals surface area contributed by atoms with E-state index in [0.29, 0.717) is 24.3 Å². The standard InChI is InChI=1S/C22H30O4/c1-13(19(24)25)16-6-7-17-18-5-4-14-12-15(23)8-9-21(14,3)22(18,26)11-10-20(16,17)2/h12,17-18,26H,4-11H2,1-3H3,(H,24,25)/b16-13+/t17-,18-,20+,21-,22+/m0/s1. The highest BCUT2D eigenvalue weighted by molar-refractivity contribution is 5.91. The van der Waals surface area contributed by atoms with Gasteiger partial charge in [0.15, 0.2) is 5.78 Å². The number of carboxylic acid groups (broad SMARTS) is 1. The maximum atomic E-state index is 11.9. The van der Waals surface area contributed by atoms with Crippen molar-refractivity contribution in [3.63, 3.8) is 0 Å². The summed E-state index contributed by atoms with van der Waals surface area (Å²) in [6.07, 6.45) is 8.21. The molecule has 4 nitrogen and oxygen atoms in total. The van der Waals surface area contributed by atoms with Crippen molar-refractivity contribution in [1.29, 1.82) is 0 Å². The van der Waals surface area contributed by atoms with Gasteiger partial charge in [-0.2, -0.15) is 0 Å². The van der Waals surface area contributed by atoms with Gasteiger partial charge in [0, 0.05) is 17.4 Å². The lowest BCUT2D eigenvalue weighted by molar-refractivity contribution is -0.183. The molecule has 0 heterocycles. The largest absolute Gasteiger partial charge is 0.478 e. The second kappa shape index (κ2) is 5.54. The Balaban J connectivity index is 1.75. The number of hydrogen-bond donors (Lipinski definition) is 2. The first kappa shape index (κ1) is 18.0. The van der Waals surface area contributed by atoms with Crippen LogP contribution in [0.2, 0.25) is 0 Å². The molecule has 0 aliphatic heterocycles. The summed E-state index contributed by atoms with van der Waals surface area (Å²) in [5, 5.41) is 21.4. The minimum Gasteiger partial charge on any atom is -0.478 e. The molecule has 0 aromatic heterocycles. The summed E-state index contributed by atoms with van der Waals surface area (Å²) in [7, 11) is 0. The molecule has 5 atom stereocenters. The molecule has 0 saturated heterocycles. The molecule has 26 heavy (non-hydrogen) atoms. The first-order chi connectivity index (χ1) is 12.1. The lowest BCUT2D eigenvalue weighted by Gasteiger charge is -2.62. The zero-order chi connectivity index (χ0) is 18.9. The van der Waals surface area contributed by atoms with Gasteiger partial charge in [0.1, 0.15) is 0 Å². The van der Waals surface area contributed by atoms with Gasteiger partial charge in [0.25, 0.3) is 0 Å². The minimum atomic E-state index is -0.811. The zero-order valence-corrected chi connectivity index (χ0v) is 16.1. The summed E-state index contributed by atoms with van der Waals surface area (Å²) in [5.41, 5.74) is 1.57. The highest BCUT2D eigenvalue weighted by Crippen LogP contribution is 2.68. The second-order valence-electron chi connectivity index (χ2n) is 9.51. The number of allylic oxidation sites excluding steroid dienone is 1. The van der Waals surface area contributed by atoms with Gasteiger partial charge in [-0.3, -0.25) is 4.79 Å². The molecular formula is C22H30O4.